The summed E-state index contributed by atoms with van der Waals surface area (Å²) >= 11 is 0. The molecule has 0 saturated carbocycles. The molecule has 10 heteroatoms. The second-order valence-electron chi connectivity index (χ2n) is 7.96. The third kappa shape index (κ3) is 5.05. The number of aromatic hydroxyl groups is 1. The Kier molecular flexibility index (Phi) is 8.22. The summed E-state index contributed by atoms with van der Waals surface area (Å²) in [7, 11) is 0. The molecule has 4 aromatic rings. The predicted octanol–water partition coefficient (Wildman–Crippen LogP) is 4.86. The number of benzene rings is 2. The number of rotatable bonds is 4. The number of nitrogens with one attached hydrogen (secondary N) is 1. The van der Waals surface area contributed by atoms with Gasteiger partial charge in [0.25, 0.3) is 5.91 Å². The number of aromatic nitrogens is 2. The molecule has 0 aliphatic carbocycles. The first-order valence-corrected chi connectivity index (χ1v) is 10.8. The van der Waals surface area contributed by atoms with Crippen LogP contribution in [0.4, 0.5) is 4.39 Å². The normalized spacial score (nSPS) is 13.1. The predicted molar refractivity (Wildman–Crippen MR) is 137 cm³/mol. The number of halogens is 3. The Balaban J connectivity index is 0.00000171. The summed E-state index contributed by atoms with van der Waals surface area (Å²) in [4.78, 5) is 19.5. The first-order valence-electron chi connectivity index (χ1n) is 10.8. The van der Waals surface area contributed by atoms with E-state index in [-0.39, 0.29) is 42.5 Å². The van der Waals surface area contributed by atoms with Crippen LogP contribution in [0.5, 0.6) is 17.5 Å². The van der Waals surface area contributed by atoms with E-state index >= 15 is 0 Å². The fraction of sp³-hybridized carbons (Fsp3) is 0.200. The van der Waals surface area contributed by atoms with Gasteiger partial charge >= 0.3 is 0 Å². The molecule has 0 spiro atoms. The van der Waals surface area contributed by atoms with E-state index in [0.29, 0.717) is 48.4 Å². The molecule has 0 atom stereocenters. The van der Waals surface area contributed by atoms with Crippen LogP contribution in [0, 0.1) is 12.7 Å². The van der Waals surface area contributed by atoms with Gasteiger partial charge in [-0.1, -0.05) is 24.3 Å². The van der Waals surface area contributed by atoms with Crippen molar-refractivity contribution in [1.29, 1.82) is 0 Å². The van der Waals surface area contributed by atoms with Gasteiger partial charge in [0.1, 0.15) is 17.1 Å². The van der Waals surface area contributed by atoms with Crippen molar-refractivity contribution >= 4 is 41.6 Å². The van der Waals surface area contributed by atoms with Crippen LogP contribution in [-0.2, 0) is 0 Å². The highest BCUT2D eigenvalue weighted by Crippen LogP contribution is 2.40. The van der Waals surface area contributed by atoms with Crippen molar-refractivity contribution < 1.29 is 19.0 Å². The zero-order valence-corrected chi connectivity index (χ0v) is 20.5. The molecule has 1 aliphatic heterocycles. The summed E-state index contributed by atoms with van der Waals surface area (Å²) in [5.41, 5.74) is 2.35. The molecule has 1 aliphatic rings. The maximum atomic E-state index is 14.1. The second-order valence-corrected chi connectivity index (χ2v) is 7.96. The van der Waals surface area contributed by atoms with Crippen molar-refractivity contribution in [2.45, 2.75) is 6.92 Å². The number of carbonyl (C=O) groups excluding carboxylic acids is 1. The minimum absolute atomic E-state index is 0. The Morgan fingerprint density at radius 2 is 1.80 bits per heavy atom. The van der Waals surface area contributed by atoms with E-state index < -0.39 is 5.82 Å². The number of fused-ring (bicyclic) bond motifs is 1. The van der Waals surface area contributed by atoms with E-state index in [1.165, 1.54) is 24.4 Å². The molecule has 184 valence electrons. The topological polar surface area (TPSA) is 79.6 Å². The number of para-hydroxylation sites is 1. The Hall–Kier alpha value is -3.33. The largest absolute Gasteiger partial charge is 0.493 e. The first-order chi connectivity index (χ1) is 16.0. The van der Waals surface area contributed by atoms with Crippen LogP contribution in [0.3, 0.4) is 0 Å². The van der Waals surface area contributed by atoms with Crippen molar-refractivity contribution in [3.05, 3.63) is 77.7 Å². The van der Waals surface area contributed by atoms with E-state index in [9.17, 15) is 14.3 Å². The Morgan fingerprint density at radius 3 is 2.51 bits per heavy atom. The summed E-state index contributed by atoms with van der Waals surface area (Å²) < 4.78 is 22.1. The quantitative estimate of drug-likeness (QED) is 0.403. The average Bonchev–Trinajstić information content (AvgIpc) is 3.14. The highest BCUT2D eigenvalue weighted by Gasteiger charge is 2.30. The third-order valence-electron chi connectivity index (χ3n) is 5.78. The molecule has 7 nitrogen and oxygen atoms in total. The van der Waals surface area contributed by atoms with Gasteiger partial charge in [-0.15, -0.1) is 24.8 Å². The molecule has 35 heavy (non-hydrogen) atoms. The highest BCUT2D eigenvalue weighted by atomic mass is 35.5. The summed E-state index contributed by atoms with van der Waals surface area (Å²) in [6, 6.07) is 15.2. The van der Waals surface area contributed by atoms with Gasteiger partial charge in [-0.25, -0.2) is 9.37 Å². The van der Waals surface area contributed by atoms with Gasteiger partial charge in [0.15, 0.2) is 0 Å². The standard InChI is InChI=1S/C25H23FN4O3.2ClH/c1-16-7-8-17(26)13-21(16)33-25-23(24(32)29-11-9-27-10-12-29)19-15-28-22(31)14-20(19)30(25)18-5-3-2-4-6-18;;/h2-8,13-15,27H,9-12H2,1H3,(H,28,31);2*1H. The minimum atomic E-state index is -0.438. The van der Waals surface area contributed by atoms with Crippen LogP contribution < -0.4 is 10.1 Å². The fourth-order valence-corrected chi connectivity index (χ4v) is 4.10. The first kappa shape index (κ1) is 26.3. The third-order valence-corrected chi connectivity index (χ3v) is 5.78. The molecule has 2 N–H and O–H groups in total. The van der Waals surface area contributed by atoms with Crippen LogP contribution >= 0.6 is 24.8 Å². The average molecular weight is 519 g/mol. The number of hydrogen-bond acceptors (Lipinski definition) is 5. The van der Waals surface area contributed by atoms with E-state index in [1.807, 2.05) is 37.3 Å². The molecule has 2 aromatic heterocycles. The molecule has 1 fully saturated rings. The van der Waals surface area contributed by atoms with Gasteiger partial charge in [0.2, 0.25) is 11.8 Å². The number of hydrogen-bond donors (Lipinski definition) is 2. The summed E-state index contributed by atoms with van der Waals surface area (Å²) in [6.07, 6.45) is 1.48. The fourth-order valence-electron chi connectivity index (χ4n) is 4.10. The SMILES string of the molecule is Cc1ccc(F)cc1Oc1c(C(=O)N2CCNCC2)c2cnc(O)cc2n1-c1ccccc1.Cl.Cl. The highest BCUT2D eigenvalue weighted by molar-refractivity contribution is 6.10. The van der Waals surface area contributed by atoms with Gasteiger partial charge < -0.3 is 20.1 Å². The zero-order chi connectivity index (χ0) is 22.9. The number of amides is 1. The summed E-state index contributed by atoms with van der Waals surface area (Å²) in [5.74, 6) is -0.255. The van der Waals surface area contributed by atoms with E-state index in [2.05, 4.69) is 10.3 Å². The zero-order valence-electron chi connectivity index (χ0n) is 18.9. The van der Waals surface area contributed by atoms with Gasteiger partial charge in [-0.2, -0.15) is 0 Å². The van der Waals surface area contributed by atoms with Crippen LogP contribution in [0.2, 0.25) is 0 Å². The maximum Gasteiger partial charge on any atom is 0.260 e. The smallest absolute Gasteiger partial charge is 0.260 e. The van der Waals surface area contributed by atoms with Crippen molar-refractivity contribution in [3.8, 4) is 23.2 Å². The molecular weight excluding hydrogens is 494 g/mol. The van der Waals surface area contributed by atoms with E-state index in [1.54, 1.807) is 15.5 Å². The van der Waals surface area contributed by atoms with Crippen molar-refractivity contribution in [3.63, 3.8) is 0 Å². The Morgan fingerprint density at radius 1 is 1.09 bits per heavy atom. The lowest BCUT2D eigenvalue weighted by Crippen LogP contribution is -2.46. The molecule has 5 rings (SSSR count). The number of pyridine rings is 1. The second kappa shape index (κ2) is 10.9. The number of nitrogens with zero attached hydrogens (tertiary/aromatic N) is 3. The lowest BCUT2D eigenvalue weighted by molar-refractivity contribution is 0.0735. The summed E-state index contributed by atoms with van der Waals surface area (Å²) in [6.45, 7) is 4.32. The lowest BCUT2D eigenvalue weighted by Gasteiger charge is -2.27. The molecule has 0 bridgehead atoms. The van der Waals surface area contributed by atoms with E-state index in [4.69, 9.17) is 4.74 Å². The molecule has 1 amide bonds. The van der Waals surface area contributed by atoms with Crippen LogP contribution in [0.1, 0.15) is 15.9 Å². The van der Waals surface area contributed by atoms with Gasteiger partial charge in [0.05, 0.1) is 5.52 Å². The molecule has 1 saturated heterocycles. The maximum absolute atomic E-state index is 14.1. The number of piperazine rings is 1. The van der Waals surface area contributed by atoms with E-state index in [0.717, 1.165) is 11.3 Å². The monoisotopic (exact) mass is 518 g/mol. The van der Waals surface area contributed by atoms with Crippen LogP contribution in [-0.4, -0.2) is 51.6 Å². The lowest BCUT2D eigenvalue weighted by atomic mass is 10.1. The number of aryl methyl sites for hydroxylation is 1. The summed E-state index contributed by atoms with van der Waals surface area (Å²) in [5, 5.41) is 13.9. The molecular formula is C25H25Cl2FN4O3. The Bertz CT molecular complexity index is 1340. The molecule has 3 heterocycles. The van der Waals surface area contributed by atoms with Gasteiger partial charge in [-0.05, 0) is 30.7 Å². The molecule has 0 unspecified atom stereocenters. The molecule has 0 radical (unpaired) electrons. The van der Waals surface area contributed by atoms with Gasteiger partial charge in [0, 0.05) is 55.6 Å². The number of ether oxygens (including phenoxy) is 1. The van der Waals surface area contributed by atoms with Crippen molar-refractivity contribution in [2.75, 3.05) is 26.2 Å². The van der Waals surface area contributed by atoms with Gasteiger partial charge in [-0.3, -0.25) is 9.36 Å². The van der Waals surface area contributed by atoms with Crippen molar-refractivity contribution in [1.82, 2.24) is 19.8 Å². The Labute approximate surface area is 214 Å². The molecule has 2 aromatic carbocycles. The van der Waals surface area contributed by atoms with Crippen molar-refractivity contribution in [2.24, 2.45) is 0 Å². The number of carbonyl (C=O) groups is 1. The van der Waals surface area contributed by atoms with Crippen LogP contribution in [0.25, 0.3) is 16.6 Å². The minimum Gasteiger partial charge on any atom is -0.493 e. The van der Waals surface area contributed by atoms with Crippen LogP contribution in [0.15, 0.2) is 60.8 Å².